The number of benzene rings is 3. The Morgan fingerprint density at radius 1 is 0.833 bits per heavy atom. The van der Waals surface area contributed by atoms with Gasteiger partial charge in [0.1, 0.15) is 11.1 Å². The molecule has 116 valence electrons. The summed E-state index contributed by atoms with van der Waals surface area (Å²) >= 11 is 0. The molecule has 0 saturated carbocycles. The SMILES string of the molecule is O=C(Nc1cccc2ccccc12)c1cc2ccccc2oc1=O. The fourth-order valence-electron chi connectivity index (χ4n) is 2.74. The highest BCUT2D eigenvalue weighted by Crippen LogP contribution is 2.23. The van der Waals surface area contributed by atoms with Crippen molar-refractivity contribution in [1.29, 1.82) is 0 Å². The van der Waals surface area contributed by atoms with E-state index < -0.39 is 11.5 Å². The van der Waals surface area contributed by atoms with Crippen LogP contribution >= 0.6 is 0 Å². The summed E-state index contributed by atoms with van der Waals surface area (Å²) in [6.07, 6.45) is 0. The monoisotopic (exact) mass is 315 g/mol. The summed E-state index contributed by atoms with van der Waals surface area (Å²) in [5.41, 5.74) is 0.461. The Kier molecular flexibility index (Phi) is 3.35. The zero-order valence-electron chi connectivity index (χ0n) is 12.7. The zero-order chi connectivity index (χ0) is 16.5. The Labute approximate surface area is 137 Å². The molecule has 0 spiro atoms. The Hall–Kier alpha value is -3.40. The van der Waals surface area contributed by atoms with Gasteiger partial charge in [0.15, 0.2) is 0 Å². The fourth-order valence-corrected chi connectivity index (χ4v) is 2.74. The molecular formula is C20H13NO3. The number of nitrogens with one attached hydrogen (secondary N) is 1. The lowest BCUT2D eigenvalue weighted by molar-refractivity contribution is 0.102. The number of para-hydroxylation sites is 1. The summed E-state index contributed by atoms with van der Waals surface area (Å²) in [5, 5.41) is 5.45. The molecule has 24 heavy (non-hydrogen) atoms. The van der Waals surface area contributed by atoms with Crippen LogP contribution < -0.4 is 10.9 Å². The lowest BCUT2D eigenvalue weighted by atomic mass is 10.1. The average molecular weight is 315 g/mol. The molecule has 0 unspecified atom stereocenters. The normalized spacial score (nSPS) is 10.8. The predicted octanol–water partition coefficient (Wildman–Crippen LogP) is 4.20. The number of rotatable bonds is 2. The van der Waals surface area contributed by atoms with E-state index in [1.54, 1.807) is 24.3 Å². The van der Waals surface area contributed by atoms with Gasteiger partial charge < -0.3 is 9.73 Å². The van der Waals surface area contributed by atoms with Gasteiger partial charge in [0.2, 0.25) is 0 Å². The number of anilines is 1. The van der Waals surface area contributed by atoms with Crippen LogP contribution in [0.15, 0.2) is 82.0 Å². The largest absolute Gasteiger partial charge is 0.422 e. The van der Waals surface area contributed by atoms with E-state index in [9.17, 15) is 9.59 Å². The van der Waals surface area contributed by atoms with Crippen molar-refractivity contribution >= 4 is 33.3 Å². The molecule has 0 aliphatic carbocycles. The number of fused-ring (bicyclic) bond motifs is 2. The van der Waals surface area contributed by atoms with Crippen molar-refractivity contribution in [1.82, 2.24) is 0 Å². The second kappa shape index (κ2) is 5.66. The first kappa shape index (κ1) is 14.2. The molecule has 1 aromatic heterocycles. The first-order chi connectivity index (χ1) is 11.7. The second-order valence-corrected chi connectivity index (χ2v) is 5.47. The van der Waals surface area contributed by atoms with Gasteiger partial charge >= 0.3 is 5.63 Å². The molecule has 1 heterocycles. The standard InChI is InChI=1S/C20H13NO3/c22-19(16-12-14-7-2-4-11-18(14)24-20(16)23)21-17-10-5-8-13-6-1-3-9-15(13)17/h1-12H,(H,21,22). The Morgan fingerprint density at radius 3 is 2.42 bits per heavy atom. The molecule has 0 saturated heterocycles. The van der Waals surface area contributed by atoms with Crippen molar-refractivity contribution in [3.63, 3.8) is 0 Å². The van der Waals surface area contributed by atoms with Crippen molar-refractivity contribution in [2.75, 3.05) is 5.32 Å². The maximum atomic E-state index is 12.6. The van der Waals surface area contributed by atoms with Crippen LogP contribution in [0.4, 0.5) is 5.69 Å². The Balaban J connectivity index is 1.76. The van der Waals surface area contributed by atoms with Crippen LogP contribution in [0.3, 0.4) is 0 Å². The summed E-state index contributed by atoms with van der Waals surface area (Å²) in [4.78, 5) is 24.7. The molecule has 0 atom stereocenters. The molecule has 3 aromatic carbocycles. The molecule has 0 aliphatic heterocycles. The maximum Gasteiger partial charge on any atom is 0.349 e. The van der Waals surface area contributed by atoms with Gasteiger partial charge in [0.25, 0.3) is 5.91 Å². The van der Waals surface area contributed by atoms with Gasteiger partial charge in [-0.3, -0.25) is 4.79 Å². The quantitative estimate of drug-likeness (QED) is 0.564. The summed E-state index contributed by atoms with van der Waals surface area (Å²) in [6, 6.07) is 22.0. The second-order valence-electron chi connectivity index (χ2n) is 5.47. The highest BCUT2D eigenvalue weighted by molar-refractivity contribution is 6.09. The minimum Gasteiger partial charge on any atom is -0.422 e. The lowest BCUT2D eigenvalue weighted by Crippen LogP contribution is -2.20. The van der Waals surface area contributed by atoms with E-state index in [-0.39, 0.29) is 5.56 Å². The highest BCUT2D eigenvalue weighted by Gasteiger charge is 2.14. The average Bonchev–Trinajstić information content (AvgIpc) is 2.61. The van der Waals surface area contributed by atoms with Gasteiger partial charge in [-0.05, 0) is 23.6 Å². The summed E-state index contributed by atoms with van der Waals surface area (Å²) < 4.78 is 5.22. The number of carbonyl (C=O) groups excluding carboxylic acids is 1. The van der Waals surface area contributed by atoms with E-state index in [0.717, 1.165) is 10.8 Å². The molecule has 1 N–H and O–H groups in total. The molecule has 4 rings (SSSR count). The summed E-state index contributed by atoms with van der Waals surface area (Å²) in [5.74, 6) is -0.481. The van der Waals surface area contributed by atoms with E-state index in [4.69, 9.17) is 4.42 Å². The topological polar surface area (TPSA) is 59.3 Å². The predicted molar refractivity (Wildman–Crippen MR) is 94.4 cm³/mol. The summed E-state index contributed by atoms with van der Waals surface area (Å²) in [7, 11) is 0. The minimum atomic E-state index is -0.647. The zero-order valence-corrected chi connectivity index (χ0v) is 12.7. The molecule has 0 fully saturated rings. The number of hydrogen-bond acceptors (Lipinski definition) is 3. The van der Waals surface area contributed by atoms with Crippen molar-refractivity contribution in [2.45, 2.75) is 0 Å². The molecule has 0 radical (unpaired) electrons. The van der Waals surface area contributed by atoms with Crippen LogP contribution in [0.1, 0.15) is 10.4 Å². The first-order valence-electron chi connectivity index (χ1n) is 7.54. The summed E-state index contributed by atoms with van der Waals surface area (Å²) in [6.45, 7) is 0. The molecule has 0 aliphatic rings. The van der Waals surface area contributed by atoms with Crippen molar-refractivity contribution in [3.05, 3.63) is 88.8 Å². The number of hydrogen-bond donors (Lipinski definition) is 1. The number of carbonyl (C=O) groups is 1. The van der Waals surface area contributed by atoms with E-state index in [2.05, 4.69) is 5.32 Å². The van der Waals surface area contributed by atoms with E-state index in [0.29, 0.717) is 16.7 Å². The van der Waals surface area contributed by atoms with Crippen molar-refractivity contribution in [2.24, 2.45) is 0 Å². The molecule has 4 heteroatoms. The molecule has 4 aromatic rings. The minimum absolute atomic E-state index is 0.0124. The van der Waals surface area contributed by atoms with Crippen LogP contribution in [0, 0.1) is 0 Å². The van der Waals surface area contributed by atoms with Crippen LogP contribution in [-0.4, -0.2) is 5.91 Å². The fraction of sp³-hybridized carbons (Fsp3) is 0. The van der Waals surface area contributed by atoms with Gasteiger partial charge in [0, 0.05) is 16.5 Å². The van der Waals surface area contributed by atoms with Gasteiger partial charge in [-0.1, -0.05) is 54.6 Å². The van der Waals surface area contributed by atoms with Gasteiger partial charge in [0.05, 0.1) is 0 Å². The van der Waals surface area contributed by atoms with E-state index in [1.807, 2.05) is 48.5 Å². The molecule has 0 bridgehead atoms. The molecule has 4 nitrogen and oxygen atoms in total. The number of amides is 1. The third-order valence-corrected chi connectivity index (χ3v) is 3.92. The Morgan fingerprint density at radius 2 is 1.54 bits per heavy atom. The highest BCUT2D eigenvalue weighted by atomic mass is 16.4. The maximum absolute atomic E-state index is 12.6. The van der Waals surface area contributed by atoms with Crippen LogP contribution in [0.25, 0.3) is 21.7 Å². The lowest BCUT2D eigenvalue weighted by Gasteiger charge is -2.08. The van der Waals surface area contributed by atoms with Crippen LogP contribution in [-0.2, 0) is 0 Å². The first-order valence-corrected chi connectivity index (χ1v) is 7.54. The van der Waals surface area contributed by atoms with Gasteiger partial charge in [-0.25, -0.2) is 4.79 Å². The third kappa shape index (κ3) is 2.44. The van der Waals surface area contributed by atoms with Crippen LogP contribution in [0.5, 0.6) is 0 Å². The van der Waals surface area contributed by atoms with E-state index >= 15 is 0 Å². The van der Waals surface area contributed by atoms with Crippen LogP contribution in [0.2, 0.25) is 0 Å². The Bertz CT molecular complexity index is 1120. The van der Waals surface area contributed by atoms with E-state index in [1.165, 1.54) is 0 Å². The molecular weight excluding hydrogens is 302 g/mol. The van der Waals surface area contributed by atoms with Crippen molar-refractivity contribution < 1.29 is 9.21 Å². The van der Waals surface area contributed by atoms with Crippen molar-refractivity contribution in [3.8, 4) is 0 Å². The smallest absolute Gasteiger partial charge is 0.349 e. The van der Waals surface area contributed by atoms with Gasteiger partial charge in [-0.2, -0.15) is 0 Å². The van der Waals surface area contributed by atoms with Gasteiger partial charge in [-0.15, -0.1) is 0 Å². The third-order valence-electron chi connectivity index (χ3n) is 3.92. The molecule has 1 amide bonds.